The van der Waals surface area contributed by atoms with E-state index in [1.807, 2.05) is 0 Å². The summed E-state index contributed by atoms with van der Waals surface area (Å²) in [5, 5.41) is 6.05. The molecule has 5 heteroatoms. The summed E-state index contributed by atoms with van der Waals surface area (Å²) in [7, 11) is 0. The summed E-state index contributed by atoms with van der Waals surface area (Å²) in [5.41, 5.74) is 0.478. The molecule has 0 aliphatic carbocycles. The van der Waals surface area contributed by atoms with Gasteiger partial charge in [-0.2, -0.15) is 0 Å². The van der Waals surface area contributed by atoms with E-state index in [0.717, 1.165) is 32.4 Å². The molecule has 1 heterocycles. The van der Waals surface area contributed by atoms with Crippen molar-refractivity contribution in [1.82, 2.24) is 5.32 Å². The molecule has 0 saturated carbocycles. The molecule has 1 amide bonds. The molecule has 21 heavy (non-hydrogen) atoms. The smallest absolute Gasteiger partial charge is 0.224 e. The van der Waals surface area contributed by atoms with Gasteiger partial charge in [-0.15, -0.1) is 0 Å². The largest absolute Gasteiger partial charge is 0.491 e. The van der Waals surface area contributed by atoms with Gasteiger partial charge in [0.2, 0.25) is 5.91 Å². The molecule has 0 aromatic heterocycles. The minimum atomic E-state index is -0.451. The van der Waals surface area contributed by atoms with Crippen molar-refractivity contribution in [3.63, 3.8) is 0 Å². The normalized spacial score (nSPS) is 15.7. The molecule has 1 aromatic rings. The number of ether oxygens (including phenoxy) is 1. The van der Waals surface area contributed by atoms with Crippen LogP contribution in [0, 0.1) is 11.7 Å². The molecule has 0 unspecified atom stereocenters. The number of carbonyl (C=O) groups is 1. The average Bonchev–Trinajstić information content (AvgIpc) is 2.49. The first-order valence-corrected chi connectivity index (χ1v) is 7.62. The van der Waals surface area contributed by atoms with Gasteiger partial charge >= 0.3 is 0 Å². The first kappa shape index (κ1) is 15.8. The second kappa shape index (κ2) is 7.98. The molecule has 116 valence electrons. The predicted octanol–water partition coefficient (Wildman–Crippen LogP) is 2.94. The fraction of sp³-hybridized carbons (Fsp3) is 0.562. The molecule has 1 aliphatic rings. The van der Waals surface area contributed by atoms with Crippen molar-refractivity contribution in [2.75, 3.05) is 25.0 Å². The highest BCUT2D eigenvalue weighted by atomic mass is 19.1. The number of amides is 1. The highest BCUT2D eigenvalue weighted by Crippen LogP contribution is 2.22. The maximum atomic E-state index is 13.7. The molecule has 1 saturated heterocycles. The van der Waals surface area contributed by atoms with Gasteiger partial charge in [-0.1, -0.05) is 0 Å². The van der Waals surface area contributed by atoms with Gasteiger partial charge in [0.05, 0.1) is 6.61 Å². The lowest BCUT2D eigenvalue weighted by molar-refractivity contribution is -0.116. The summed E-state index contributed by atoms with van der Waals surface area (Å²) in [6.07, 6.45) is 3.64. The van der Waals surface area contributed by atoms with Gasteiger partial charge in [-0.05, 0) is 57.3 Å². The number of nitrogens with one attached hydrogen (secondary N) is 2. The minimum absolute atomic E-state index is 0.0582. The Morgan fingerprint density at radius 3 is 2.86 bits per heavy atom. The van der Waals surface area contributed by atoms with Crippen molar-refractivity contribution in [1.29, 1.82) is 0 Å². The molecule has 0 spiro atoms. The number of benzene rings is 1. The SMILES string of the molecule is CCOc1ccc(NC(=O)CCC2CCNCC2)cc1F. The van der Waals surface area contributed by atoms with Crippen molar-refractivity contribution in [3.05, 3.63) is 24.0 Å². The van der Waals surface area contributed by atoms with Gasteiger partial charge in [0.15, 0.2) is 11.6 Å². The second-order valence-corrected chi connectivity index (χ2v) is 5.36. The highest BCUT2D eigenvalue weighted by molar-refractivity contribution is 5.90. The maximum absolute atomic E-state index is 13.7. The Hall–Kier alpha value is -1.62. The van der Waals surface area contributed by atoms with Crippen LogP contribution in [0.5, 0.6) is 5.75 Å². The molecule has 0 atom stereocenters. The Morgan fingerprint density at radius 2 is 2.19 bits per heavy atom. The fourth-order valence-corrected chi connectivity index (χ4v) is 2.58. The maximum Gasteiger partial charge on any atom is 0.224 e. The summed E-state index contributed by atoms with van der Waals surface area (Å²) < 4.78 is 18.8. The van der Waals surface area contributed by atoms with E-state index in [2.05, 4.69) is 10.6 Å². The van der Waals surface area contributed by atoms with Crippen LogP contribution < -0.4 is 15.4 Å². The molecule has 0 radical (unpaired) electrons. The van der Waals surface area contributed by atoms with Crippen LogP contribution in [0.3, 0.4) is 0 Å². The van der Waals surface area contributed by atoms with Crippen LogP contribution in [-0.2, 0) is 4.79 Å². The molecule has 1 aromatic carbocycles. The molecule has 2 N–H and O–H groups in total. The van der Waals surface area contributed by atoms with Gasteiger partial charge in [0.25, 0.3) is 0 Å². The van der Waals surface area contributed by atoms with E-state index in [1.165, 1.54) is 6.07 Å². The third kappa shape index (κ3) is 5.01. The molecule has 1 fully saturated rings. The Balaban J connectivity index is 1.80. The van der Waals surface area contributed by atoms with Crippen molar-refractivity contribution in [2.45, 2.75) is 32.6 Å². The van der Waals surface area contributed by atoms with E-state index in [0.29, 0.717) is 24.6 Å². The van der Waals surface area contributed by atoms with Crippen LogP contribution in [-0.4, -0.2) is 25.6 Å². The number of halogens is 1. The summed E-state index contributed by atoms with van der Waals surface area (Å²) in [6.45, 7) is 4.29. The van der Waals surface area contributed by atoms with Crippen LogP contribution in [0.1, 0.15) is 32.6 Å². The quantitative estimate of drug-likeness (QED) is 0.848. The predicted molar refractivity (Wildman–Crippen MR) is 81.0 cm³/mol. The first-order chi connectivity index (χ1) is 10.2. The molecule has 0 bridgehead atoms. The van der Waals surface area contributed by atoms with E-state index >= 15 is 0 Å². The van der Waals surface area contributed by atoms with E-state index in [1.54, 1.807) is 19.1 Å². The van der Waals surface area contributed by atoms with Crippen LogP contribution in [0.15, 0.2) is 18.2 Å². The van der Waals surface area contributed by atoms with Crippen molar-refractivity contribution < 1.29 is 13.9 Å². The average molecular weight is 294 g/mol. The zero-order valence-electron chi connectivity index (χ0n) is 12.5. The Kier molecular flexibility index (Phi) is 5.99. The first-order valence-electron chi connectivity index (χ1n) is 7.62. The van der Waals surface area contributed by atoms with Gasteiger partial charge < -0.3 is 15.4 Å². The Morgan fingerprint density at radius 1 is 1.43 bits per heavy atom. The zero-order valence-corrected chi connectivity index (χ0v) is 12.5. The molecule has 1 aliphatic heterocycles. The lowest BCUT2D eigenvalue weighted by atomic mass is 9.93. The van der Waals surface area contributed by atoms with E-state index in [4.69, 9.17) is 4.74 Å². The van der Waals surface area contributed by atoms with Crippen molar-refractivity contribution in [2.24, 2.45) is 5.92 Å². The number of hydrogen-bond donors (Lipinski definition) is 2. The third-order valence-corrected chi connectivity index (χ3v) is 3.75. The second-order valence-electron chi connectivity index (χ2n) is 5.36. The van der Waals surface area contributed by atoms with Gasteiger partial charge in [0.1, 0.15) is 0 Å². The topological polar surface area (TPSA) is 50.4 Å². The van der Waals surface area contributed by atoms with Crippen LogP contribution >= 0.6 is 0 Å². The Labute approximate surface area is 125 Å². The number of carbonyl (C=O) groups excluding carboxylic acids is 1. The van der Waals surface area contributed by atoms with Crippen LogP contribution in [0.4, 0.5) is 10.1 Å². The van der Waals surface area contributed by atoms with Crippen LogP contribution in [0.2, 0.25) is 0 Å². The van der Waals surface area contributed by atoms with E-state index in [-0.39, 0.29) is 11.7 Å². The Bertz CT molecular complexity index is 473. The number of hydrogen-bond acceptors (Lipinski definition) is 3. The van der Waals surface area contributed by atoms with E-state index in [9.17, 15) is 9.18 Å². The zero-order chi connectivity index (χ0) is 15.1. The summed E-state index contributed by atoms with van der Waals surface area (Å²) >= 11 is 0. The van der Waals surface area contributed by atoms with Gasteiger partial charge in [0, 0.05) is 18.2 Å². The fourth-order valence-electron chi connectivity index (χ4n) is 2.58. The standard InChI is InChI=1S/C16H23FN2O2/c1-2-21-15-5-4-13(11-14(15)17)19-16(20)6-3-12-7-9-18-10-8-12/h4-5,11-12,18H,2-3,6-10H2,1H3,(H,19,20). The molecular formula is C16H23FN2O2. The van der Waals surface area contributed by atoms with Gasteiger partial charge in [-0.25, -0.2) is 4.39 Å². The van der Waals surface area contributed by atoms with Crippen molar-refractivity contribution >= 4 is 11.6 Å². The number of rotatable bonds is 6. The van der Waals surface area contributed by atoms with E-state index < -0.39 is 5.82 Å². The molecule has 2 rings (SSSR count). The monoisotopic (exact) mass is 294 g/mol. The third-order valence-electron chi connectivity index (χ3n) is 3.75. The van der Waals surface area contributed by atoms with Gasteiger partial charge in [-0.3, -0.25) is 4.79 Å². The van der Waals surface area contributed by atoms with Crippen LogP contribution in [0.25, 0.3) is 0 Å². The lowest BCUT2D eigenvalue weighted by Crippen LogP contribution is -2.28. The summed E-state index contributed by atoms with van der Waals surface area (Å²) in [5.74, 6) is 0.323. The minimum Gasteiger partial charge on any atom is -0.491 e. The molecular weight excluding hydrogens is 271 g/mol. The molecule has 4 nitrogen and oxygen atoms in total. The number of anilines is 1. The lowest BCUT2D eigenvalue weighted by Gasteiger charge is -2.22. The summed E-state index contributed by atoms with van der Waals surface area (Å²) in [4.78, 5) is 11.9. The highest BCUT2D eigenvalue weighted by Gasteiger charge is 2.14. The summed E-state index contributed by atoms with van der Waals surface area (Å²) in [6, 6.07) is 4.51. The van der Waals surface area contributed by atoms with Crippen molar-refractivity contribution in [3.8, 4) is 5.75 Å². The number of piperidine rings is 1.